The Balaban J connectivity index is 0.00000261. The molecule has 6 nitrogen and oxygen atoms in total. The van der Waals surface area contributed by atoms with Crippen molar-refractivity contribution in [2.75, 3.05) is 66.9 Å². The van der Waals surface area contributed by atoms with Crippen LogP contribution in [0.2, 0.25) is 0 Å². The second-order valence-electron chi connectivity index (χ2n) is 15.0. The molecule has 0 saturated heterocycles. The molecule has 2 N–H and O–H groups in total. The smallest absolute Gasteiger partial charge is 0.0875 e. The lowest BCUT2D eigenvalue weighted by Crippen LogP contribution is -3.00. The van der Waals surface area contributed by atoms with E-state index in [0.29, 0.717) is 0 Å². The summed E-state index contributed by atoms with van der Waals surface area (Å²) in [5, 5.41) is 0. The SMILES string of the molecule is C[N+](C)(C)CCSc1ccc(-c2c3nc(cc4ccc([nH]4)c(-c4ccc(SCC[N+](C)(C)C)cc4)c4nc(cc5ccc2[nH]5)C=C4)C=C3)cc1.[I-].[I-]. The zero-order chi connectivity index (χ0) is 34.9. The van der Waals surface area contributed by atoms with Crippen LogP contribution in [0.15, 0.2) is 94.7 Å². The summed E-state index contributed by atoms with van der Waals surface area (Å²) in [6.45, 7) is 2.24. The Labute approximate surface area is 350 Å². The molecule has 0 amide bonds. The number of nitrogens with zero attached hydrogens (tertiary/aromatic N) is 4. The number of aromatic amines is 2. The van der Waals surface area contributed by atoms with Crippen LogP contribution < -0.4 is 48.0 Å². The van der Waals surface area contributed by atoms with Crippen LogP contribution in [0.3, 0.4) is 0 Å². The standard InChI is InChI=1S/C42H46N6S2.2HI/c1-47(2,3)23-25-49-35-15-7-29(8-16-35)41-37-19-11-31(43-37)27-33-13-21-39(45-33)42(30-9-17-36(18-10-30)50-26-24-48(4,5)6)40-22-14-34(46-40)28-32-12-20-38(41)44-32;;/h7-22,27-28,43,46H,23-26H2,1-6H3;2*1H/q+2;;/p-2. The minimum Gasteiger partial charge on any atom is -1.00 e. The molecule has 5 heterocycles. The Morgan fingerprint density at radius 1 is 0.500 bits per heavy atom. The number of aromatic nitrogens is 4. The summed E-state index contributed by atoms with van der Waals surface area (Å²) in [6, 6.07) is 30.6. The number of rotatable bonds is 10. The molecule has 2 aromatic carbocycles. The third-order valence-electron chi connectivity index (χ3n) is 8.75. The van der Waals surface area contributed by atoms with Gasteiger partial charge in [-0.1, -0.05) is 24.3 Å². The Morgan fingerprint density at radius 3 is 1.25 bits per heavy atom. The normalized spacial score (nSPS) is 12.4. The molecule has 270 valence electrons. The Bertz CT molecular complexity index is 2080. The summed E-state index contributed by atoms with van der Waals surface area (Å²) >= 11 is 3.82. The molecule has 0 atom stereocenters. The van der Waals surface area contributed by atoms with Gasteiger partial charge in [0.05, 0.1) is 78.2 Å². The van der Waals surface area contributed by atoms with Gasteiger partial charge in [0.2, 0.25) is 0 Å². The molecule has 52 heavy (non-hydrogen) atoms. The van der Waals surface area contributed by atoms with Crippen LogP contribution in [0.4, 0.5) is 0 Å². The van der Waals surface area contributed by atoms with Gasteiger partial charge in [-0.15, -0.1) is 23.5 Å². The summed E-state index contributed by atoms with van der Waals surface area (Å²) in [5.41, 5.74) is 12.2. The molecule has 0 fully saturated rings. The van der Waals surface area contributed by atoms with E-state index in [9.17, 15) is 0 Å². The van der Waals surface area contributed by atoms with Gasteiger partial charge < -0.3 is 66.9 Å². The topological polar surface area (TPSA) is 57.4 Å². The fourth-order valence-corrected chi connectivity index (χ4v) is 8.40. The van der Waals surface area contributed by atoms with E-state index in [2.05, 4.69) is 161 Å². The first kappa shape index (κ1) is 40.3. The summed E-state index contributed by atoms with van der Waals surface area (Å²) in [6.07, 6.45) is 8.45. The molecule has 2 aliphatic rings. The Morgan fingerprint density at radius 2 is 0.885 bits per heavy atom. The maximum absolute atomic E-state index is 5.13. The van der Waals surface area contributed by atoms with Crippen molar-refractivity contribution < 1.29 is 56.9 Å². The van der Waals surface area contributed by atoms with Gasteiger partial charge in [0.1, 0.15) is 0 Å². The highest BCUT2D eigenvalue weighted by Crippen LogP contribution is 2.34. The maximum atomic E-state index is 5.13. The van der Waals surface area contributed by atoms with Crippen molar-refractivity contribution in [3.05, 3.63) is 108 Å². The molecule has 0 saturated carbocycles. The summed E-state index contributed by atoms with van der Waals surface area (Å²) in [5.74, 6) is 2.16. The van der Waals surface area contributed by atoms with Gasteiger partial charge in [-0.05, 0) is 96.1 Å². The Kier molecular flexibility index (Phi) is 13.2. The lowest BCUT2D eigenvalue weighted by molar-refractivity contribution is -0.867. The average Bonchev–Trinajstić information content (AvgIpc) is 3.88. The molecule has 10 heteroatoms. The van der Waals surface area contributed by atoms with Crippen LogP contribution >= 0.6 is 23.5 Å². The largest absolute Gasteiger partial charge is 1.00 e. The van der Waals surface area contributed by atoms with E-state index in [1.165, 1.54) is 9.79 Å². The average molecular weight is 953 g/mol. The minimum atomic E-state index is 0. The monoisotopic (exact) mass is 952 g/mol. The molecule has 0 radical (unpaired) electrons. The molecule has 8 bridgehead atoms. The van der Waals surface area contributed by atoms with Crippen LogP contribution in [-0.2, 0) is 0 Å². The van der Waals surface area contributed by atoms with E-state index in [1.807, 2.05) is 23.5 Å². The number of fused-ring (bicyclic) bond motifs is 8. The number of nitrogens with one attached hydrogen (secondary N) is 2. The fourth-order valence-electron chi connectivity index (χ4n) is 5.99. The lowest BCUT2D eigenvalue weighted by Gasteiger charge is -2.23. The van der Waals surface area contributed by atoms with Crippen molar-refractivity contribution in [1.82, 2.24) is 19.9 Å². The third-order valence-corrected chi connectivity index (χ3v) is 10.7. The van der Waals surface area contributed by atoms with Gasteiger partial charge in [-0.25, -0.2) is 9.97 Å². The quantitative estimate of drug-likeness (QED) is 0.125. The van der Waals surface area contributed by atoms with Gasteiger partial charge in [-0.2, -0.15) is 0 Å². The van der Waals surface area contributed by atoms with Crippen molar-refractivity contribution in [1.29, 1.82) is 0 Å². The fraction of sp³-hybridized carbons (Fsp3) is 0.238. The van der Waals surface area contributed by atoms with Crippen molar-refractivity contribution in [2.24, 2.45) is 0 Å². The van der Waals surface area contributed by atoms with Crippen molar-refractivity contribution in [2.45, 2.75) is 9.79 Å². The number of halogens is 2. The van der Waals surface area contributed by atoms with Crippen LogP contribution in [0.5, 0.6) is 0 Å². The molecule has 0 unspecified atom stereocenters. The molecular weight excluding hydrogens is 906 g/mol. The summed E-state index contributed by atoms with van der Waals surface area (Å²) < 4.78 is 1.93. The maximum Gasteiger partial charge on any atom is 0.0875 e. The van der Waals surface area contributed by atoms with Crippen molar-refractivity contribution >= 4 is 69.9 Å². The highest BCUT2D eigenvalue weighted by Gasteiger charge is 2.14. The van der Waals surface area contributed by atoms with Gasteiger partial charge in [0, 0.05) is 54.5 Å². The van der Waals surface area contributed by atoms with Gasteiger partial charge in [0.15, 0.2) is 0 Å². The summed E-state index contributed by atoms with van der Waals surface area (Å²) in [4.78, 5) is 20.2. The highest BCUT2D eigenvalue weighted by molar-refractivity contribution is 7.99. The first-order valence-electron chi connectivity index (χ1n) is 17.1. The van der Waals surface area contributed by atoms with Gasteiger partial charge >= 0.3 is 0 Å². The van der Waals surface area contributed by atoms with Crippen LogP contribution in [0.25, 0.3) is 68.6 Å². The highest BCUT2D eigenvalue weighted by atomic mass is 127. The Hall–Kier alpha value is -2.88. The minimum absolute atomic E-state index is 0. The molecule has 0 spiro atoms. The molecule has 0 aliphatic carbocycles. The number of quaternary nitrogens is 2. The number of hydrogen-bond donors (Lipinski definition) is 2. The number of hydrogen-bond acceptors (Lipinski definition) is 4. The molecule has 7 rings (SSSR count). The number of thioether (sulfide) groups is 2. The zero-order valence-electron chi connectivity index (χ0n) is 30.6. The number of benzene rings is 2. The second-order valence-corrected chi connectivity index (χ2v) is 17.3. The second kappa shape index (κ2) is 17.1. The first-order valence-corrected chi connectivity index (χ1v) is 19.1. The van der Waals surface area contributed by atoms with E-state index in [-0.39, 0.29) is 48.0 Å². The van der Waals surface area contributed by atoms with E-state index in [0.717, 1.165) is 101 Å². The van der Waals surface area contributed by atoms with E-state index >= 15 is 0 Å². The van der Waals surface area contributed by atoms with Gasteiger partial charge in [-0.3, -0.25) is 0 Å². The predicted octanol–water partition coefficient (Wildman–Crippen LogP) is 3.59. The van der Waals surface area contributed by atoms with E-state index in [4.69, 9.17) is 9.97 Å². The van der Waals surface area contributed by atoms with Crippen molar-refractivity contribution in [3.63, 3.8) is 0 Å². The van der Waals surface area contributed by atoms with E-state index in [1.54, 1.807) is 0 Å². The van der Waals surface area contributed by atoms with Gasteiger partial charge in [0.25, 0.3) is 0 Å². The molecule has 2 aliphatic heterocycles. The number of H-pyrrole nitrogens is 2. The lowest BCUT2D eigenvalue weighted by atomic mass is 10.0. The van der Waals surface area contributed by atoms with Crippen LogP contribution in [0, 0.1) is 0 Å². The third kappa shape index (κ3) is 10.2. The molecular formula is C42H46I2N6S2. The molecule has 5 aromatic rings. The summed E-state index contributed by atoms with van der Waals surface area (Å²) in [7, 11) is 13.4. The molecule has 3 aromatic heterocycles. The zero-order valence-corrected chi connectivity index (χ0v) is 36.5. The van der Waals surface area contributed by atoms with Crippen LogP contribution in [0.1, 0.15) is 22.8 Å². The van der Waals surface area contributed by atoms with Crippen molar-refractivity contribution in [3.8, 4) is 22.3 Å². The predicted molar refractivity (Wildman–Crippen MR) is 217 cm³/mol. The van der Waals surface area contributed by atoms with Crippen LogP contribution in [-0.4, -0.2) is 95.8 Å². The first-order chi connectivity index (χ1) is 24.0. The van der Waals surface area contributed by atoms with E-state index < -0.39 is 0 Å².